The molecule has 318 valence electrons. The number of nitrogen functional groups attached to an aromatic ring is 1. The van der Waals surface area contributed by atoms with Gasteiger partial charge in [-0.15, -0.1) is 0 Å². The molecular weight excluding hydrogens is 823 g/mol. The highest BCUT2D eigenvalue weighted by molar-refractivity contribution is 6.24. The molecule has 2 heterocycles. The Labute approximate surface area is 379 Å². The maximum absolute atomic E-state index is 13.9. The van der Waals surface area contributed by atoms with E-state index in [0.29, 0.717) is 94.3 Å². The molecule has 0 aliphatic rings. The van der Waals surface area contributed by atoms with Gasteiger partial charge in [-0.3, -0.25) is 38.7 Å². The smallest absolute Gasteiger partial charge is 0.170 e. The van der Waals surface area contributed by atoms with E-state index in [4.69, 9.17) is 15.7 Å². The van der Waals surface area contributed by atoms with Gasteiger partial charge in [-0.2, -0.15) is 0 Å². The minimum Gasteiger partial charge on any atom is -0.398 e. The van der Waals surface area contributed by atoms with Crippen LogP contribution in [0.5, 0.6) is 0 Å². The Morgan fingerprint density at radius 3 is 1.24 bits per heavy atom. The molecule has 0 saturated carbocycles. The standard InChI is InChI=1S/C57H39N3O6/c58-55-44-26-13-27-59-56(44)57-54(53(55)43-25-12-23-41(30-43)51(66)33-48(63)37-18-8-3-9-19-37)52(42-24-11-22-40(29-42)50(65)32-47(62)36-16-6-2-7-17-36)45(34-60-57)38-20-10-21-39(28-38)49(64)31-46(61)35-14-4-1-5-15-35/h1-30,34H,31-33,58H2. The normalized spacial score (nSPS) is 11.0. The molecular formula is C57H39N3O6. The quantitative estimate of drug-likeness (QED) is 0.0459. The zero-order chi connectivity index (χ0) is 45.7. The first kappa shape index (κ1) is 42.5. The summed E-state index contributed by atoms with van der Waals surface area (Å²) >= 11 is 0. The molecule has 2 N–H and O–H groups in total. The van der Waals surface area contributed by atoms with Crippen LogP contribution in [0.4, 0.5) is 5.69 Å². The summed E-state index contributed by atoms with van der Waals surface area (Å²) in [5.74, 6) is -2.07. The first-order valence-corrected chi connectivity index (χ1v) is 21.3. The lowest BCUT2D eigenvalue weighted by Crippen LogP contribution is -2.09. The predicted molar refractivity (Wildman–Crippen MR) is 257 cm³/mol. The lowest BCUT2D eigenvalue weighted by Gasteiger charge is -2.21. The Morgan fingerprint density at radius 1 is 0.379 bits per heavy atom. The fraction of sp³-hybridized carbons (Fsp3) is 0.0526. The van der Waals surface area contributed by atoms with E-state index >= 15 is 0 Å². The number of hydrogen-bond acceptors (Lipinski definition) is 9. The summed E-state index contributed by atoms with van der Waals surface area (Å²) in [5.41, 5.74) is 14.1. The summed E-state index contributed by atoms with van der Waals surface area (Å²) in [6.07, 6.45) is 2.29. The number of anilines is 1. The van der Waals surface area contributed by atoms with Gasteiger partial charge in [-0.05, 0) is 47.0 Å². The summed E-state index contributed by atoms with van der Waals surface area (Å²) in [7, 11) is 0. The van der Waals surface area contributed by atoms with E-state index in [9.17, 15) is 28.8 Å². The van der Waals surface area contributed by atoms with Gasteiger partial charge in [0.05, 0.1) is 30.3 Å². The van der Waals surface area contributed by atoms with Crippen molar-refractivity contribution >= 4 is 62.2 Å². The average molecular weight is 862 g/mol. The average Bonchev–Trinajstić information content (AvgIpc) is 3.37. The van der Waals surface area contributed by atoms with Crippen molar-refractivity contribution in [2.24, 2.45) is 0 Å². The summed E-state index contributed by atoms with van der Waals surface area (Å²) in [4.78, 5) is 90.9. The molecule has 2 aromatic heterocycles. The second kappa shape index (κ2) is 18.5. The molecule has 0 spiro atoms. The summed E-state index contributed by atoms with van der Waals surface area (Å²) in [6.45, 7) is 0. The highest BCUT2D eigenvalue weighted by Gasteiger charge is 2.25. The zero-order valence-electron chi connectivity index (χ0n) is 35.4. The first-order chi connectivity index (χ1) is 32.1. The summed E-state index contributed by atoms with van der Waals surface area (Å²) in [6, 6.07) is 50.4. The Morgan fingerprint density at radius 2 is 0.773 bits per heavy atom. The molecule has 0 saturated heterocycles. The Bertz CT molecular complexity index is 3400. The third-order valence-corrected chi connectivity index (χ3v) is 11.6. The van der Waals surface area contributed by atoms with Crippen molar-refractivity contribution < 1.29 is 28.8 Å². The van der Waals surface area contributed by atoms with Crippen LogP contribution < -0.4 is 5.73 Å². The molecule has 0 atom stereocenters. The number of rotatable bonds is 15. The third-order valence-electron chi connectivity index (χ3n) is 11.6. The maximum atomic E-state index is 13.9. The van der Waals surface area contributed by atoms with Gasteiger partial charge in [0.15, 0.2) is 34.7 Å². The van der Waals surface area contributed by atoms with Crippen LogP contribution in [0.25, 0.3) is 55.2 Å². The molecule has 66 heavy (non-hydrogen) atoms. The van der Waals surface area contributed by atoms with Crippen LogP contribution in [0, 0.1) is 0 Å². The van der Waals surface area contributed by atoms with Gasteiger partial charge in [0, 0.05) is 78.9 Å². The fourth-order valence-electron chi connectivity index (χ4n) is 8.31. The number of nitrogens with zero attached hydrogens (tertiary/aromatic N) is 2. The second-order valence-electron chi connectivity index (χ2n) is 15.9. The molecule has 0 unspecified atom stereocenters. The monoisotopic (exact) mass is 861 g/mol. The minimum absolute atomic E-state index is 0.292. The van der Waals surface area contributed by atoms with Crippen LogP contribution in [0.15, 0.2) is 188 Å². The van der Waals surface area contributed by atoms with E-state index in [1.165, 1.54) is 0 Å². The van der Waals surface area contributed by atoms with E-state index in [-0.39, 0.29) is 54.0 Å². The largest absolute Gasteiger partial charge is 0.398 e. The van der Waals surface area contributed by atoms with E-state index < -0.39 is 0 Å². The second-order valence-corrected chi connectivity index (χ2v) is 15.9. The van der Waals surface area contributed by atoms with Crippen LogP contribution in [-0.4, -0.2) is 44.7 Å². The van der Waals surface area contributed by atoms with Crippen LogP contribution >= 0.6 is 0 Å². The number of nitrogens with two attached hydrogens (primary N) is 1. The van der Waals surface area contributed by atoms with Crippen LogP contribution in [0.1, 0.15) is 81.4 Å². The number of carbonyl (C=O) groups is 6. The van der Waals surface area contributed by atoms with Crippen molar-refractivity contribution in [2.45, 2.75) is 19.3 Å². The van der Waals surface area contributed by atoms with E-state index in [1.54, 1.807) is 164 Å². The molecule has 9 aromatic rings. The number of hydrogen-bond donors (Lipinski definition) is 1. The van der Waals surface area contributed by atoms with Crippen molar-refractivity contribution in [3.63, 3.8) is 0 Å². The van der Waals surface area contributed by atoms with Crippen LogP contribution in [0.3, 0.4) is 0 Å². The Hall–Kier alpha value is -8.82. The molecule has 0 fully saturated rings. The number of pyridine rings is 2. The molecule has 0 radical (unpaired) electrons. The Kier molecular flexibility index (Phi) is 11.9. The van der Waals surface area contributed by atoms with Crippen LogP contribution in [-0.2, 0) is 0 Å². The van der Waals surface area contributed by atoms with Crippen LogP contribution in [0.2, 0.25) is 0 Å². The molecule has 7 aromatic carbocycles. The highest BCUT2D eigenvalue weighted by atomic mass is 16.2. The first-order valence-electron chi connectivity index (χ1n) is 21.3. The Balaban J connectivity index is 1.24. The van der Waals surface area contributed by atoms with Crippen molar-refractivity contribution in [1.82, 2.24) is 9.97 Å². The molecule has 0 aliphatic heterocycles. The summed E-state index contributed by atoms with van der Waals surface area (Å²) in [5, 5.41) is 1.16. The molecule has 9 rings (SSSR count). The van der Waals surface area contributed by atoms with Gasteiger partial charge in [-0.25, -0.2) is 0 Å². The lowest BCUT2D eigenvalue weighted by atomic mass is 9.85. The maximum Gasteiger partial charge on any atom is 0.170 e. The SMILES string of the molecule is Nc1c(-c2cccc(C(=O)CC(=O)c3ccccc3)c2)c2c(-c3cccc(C(=O)CC(=O)c4ccccc4)c3)c(-c3cccc(C(=O)CC(=O)c4ccccc4)c3)cnc2c2ncccc12. The van der Waals surface area contributed by atoms with Gasteiger partial charge < -0.3 is 5.73 Å². The topological polar surface area (TPSA) is 154 Å². The zero-order valence-corrected chi connectivity index (χ0v) is 35.4. The fourth-order valence-corrected chi connectivity index (χ4v) is 8.31. The summed E-state index contributed by atoms with van der Waals surface area (Å²) < 4.78 is 0. The number of carbonyl (C=O) groups excluding carboxylic acids is 6. The molecule has 9 heteroatoms. The van der Waals surface area contributed by atoms with Crippen molar-refractivity contribution in [1.29, 1.82) is 0 Å². The van der Waals surface area contributed by atoms with Gasteiger partial charge in [0.1, 0.15) is 0 Å². The molecule has 0 amide bonds. The third kappa shape index (κ3) is 8.61. The lowest BCUT2D eigenvalue weighted by molar-refractivity contribution is 0.0878. The van der Waals surface area contributed by atoms with Gasteiger partial charge >= 0.3 is 0 Å². The van der Waals surface area contributed by atoms with Crippen molar-refractivity contribution in [3.05, 3.63) is 222 Å². The number of Topliss-reactive ketones (excluding diaryl/α,β-unsaturated/α-hetero) is 6. The number of benzene rings is 7. The number of ketones is 6. The van der Waals surface area contributed by atoms with E-state index in [2.05, 4.69) is 0 Å². The van der Waals surface area contributed by atoms with Gasteiger partial charge in [0.2, 0.25) is 0 Å². The van der Waals surface area contributed by atoms with Crippen molar-refractivity contribution in [2.75, 3.05) is 5.73 Å². The number of fused-ring (bicyclic) bond motifs is 3. The van der Waals surface area contributed by atoms with E-state index in [0.717, 1.165) is 0 Å². The van der Waals surface area contributed by atoms with Crippen molar-refractivity contribution in [3.8, 4) is 33.4 Å². The minimum atomic E-state index is -0.385. The molecule has 0 bridgehead atoms. The number of aromatic nitrogens is 2. The highest BCUT2D eigenvalue weighted by Crippen LogP contribution is 2.47. The predicted octanol–water partition coefficient (Wildman–Crippen LogP) is 11.7. The molecule has 9 nitrogen and oxygen atoms in total. The van der Waals surface area contributed by atoms with Gasteiger partial charge in [0.25, 0.3) is 0 Å². The van der Waals surface area contributed by atoms with E-state index in [1.807, 2.05) is 24.3 Å². The molecule has 0 aliphatic carbocycles. The van der Waals surface area contributed by atoms with Gasteiger partial charge in [-0.1, -0.05) is 146 Å².